The van der Waals surface area contributed by atoms with Crippen LogP contribution in [0.1, 0.15) is 19.8 Å². The minimum atomic E-state index is -3.01. The van der Waals surface area contributed by atoms with Gasteiger partial charge in [-0.25, -0.2) is 8.42 Å². The molecule has 0 saturated carbocycles. The summed E-state index contributed by atoms with van der Waals surface area (Å²) >= 11 is 5.66. The third kappa shape index (κ3) is 1.92. The van der Waals surface area contributed by atoms with Crippen LogP contribution in [0.4, 0.5) is 0 Å². The molecule has 72 valence electrons. The Morgan fingerprint density at radius 3 is 2.75 bits per heavy atom. The third-order valence-corrected chi connectivity index (χ3v) is 4.50. The normalized spacial score (nSPS) is 26.3. The van der Waals surface area contributed by atoms with Gasteiger partial charge in [0.1, 0.15) is 0 Å². The van der Waals surface area contributed by atoms with E-state index < -0.39 is 10.0 Å². The molecule has 3 nitrogen and oxygen atoms in total. The molecule has 1 fully saturated rings. The average Bonchev–Trinajstić information content (AvgIpc) is 2.52. The molecule has 1 aliphatic heterocycles. The van der Waals surface area contributed by atoms with Crippen molar-refractivity contribution in [3.63, 3.8) is 0 Å². The first kappa shape index (κ1) is 10.3. The van der Waals surface area contributed by atoms with Gasteiger partial charge < -0.3 is 0 Å². The number of sulfonamides is 1. The number of alkyl halides is 1. The van der Waals surface area contributed by atoms with Gasteiger partial charge in [-0.3, -0.25) is 0 Å². The van der Waals surface area contributed by atoms with Crippen LogP contribution in [0.5, 0.6) is 0 Å². The predicted molar refractivity (Wildman–Crippen MR) is 49.9 cm³/mol. The number of hydrogen-bond acceptors (Lipinski definition) is 2. The standard InChI is InChI=1S/C7H14ClNO2S/c1-2-12(10,11)9-5-3-4-7(9)6-8/h7H,2-6H2,1H3. The molecule has 0 radical (unpaired) electrons. The van der Waals surface area contributed by atoms with Crippen molar-refractivity contribution in [2.75, 3.05) is 18.2 Å². The molecule has 5 heteroatoms. The molecule has 0 aromatic rings. The van der Waals surface area contributed by atoms with Gasteiger partial charge in [-0.05, 0) is 19.8 Å². The summed E-state index contributed by atoms with van der Waals surface area (Å²) < 4.78 is 24.4. The van der Waals surface area contributed by atoms with E-state index in [0.717, 1.165) is 12.8 Å². The van der Waals surface area contributed by atoms with E-state index in [4.69, 9.17) is 11.6 Å². The summed E-state index contributed by atoms with van der Waals surface area (Å²) in [5, 5.41) is 0. The van der Waals surface area contributed by atoms with Gasteiger partial charge in [-0.2, -0.15) is 4.31 Å². The second-order valence-corrected chi connectivity index (χ2v) is 5.48. The van der Waals surface area contributed by atoms with Gasteiger partial charge in [0, 0.05) is 18.5 Å². The van der Waals surface area contributed by atoms with Crippen molar-refractivity contribution in [2.24, 2.45) is 0 Å². The number of halogens is 1. The monoisotopic (exact) mass is 211 g/mol. The molecule has 0 N–H and O–H groups in total. The van der Waals surface area contributed by atoms with Crippen LogP contribution in [0.3, 0.4) is 0 Å². The van der Waals surface area contributed by atoms with Gasteiger partial charge in [-0.1, -0.05) is 0 Å². The van der Waals surface area contributed by atoms with Crippen molar-refractivity contribution in [1.82, 2.24) is 4.31 Å². The molecule has 1 atom stereocenters. The Balaban J connectivity index is 2.74. The van der Waals surface area contributed by atoms with Crippen molar-refractivity contribution in [2.45, 2.75) is 25.8 Å². The molecular formula is C7H14ClNO2S. The van der Waals surface area contributed by atoms with Crippen molar-refractivity contribution in [3.8, 4) is 0 Å². The first-order valence-electron chi connectivity index (χ1n) is 4.17. The molecule has 1 unspecified atom stereocenters. The van der Waals surface area contributed by atoms with Gasteiger partial charge in [0.05, 0.1) is 5.75 Å². The van der Waals surface area contributed by atoms with E-state index in [2.05, 4.69) is 0 Å². The lowest BCUT2D eigenvalue weighted by atomic mass is 10.3. The van der Waals surface area contributed by atoms with Crippen LogP contribution < -0.4 is 0 Å². The number of nitrogens with zero attached hydrogens (tertiary/aromatic N) is 1. The second kappa shape index (κ2) is 3.94. The number of hydrogen-bond donors (Lipinski definition) is 0. The predicted octanol–water partition coefficient (Wildman–Crippen LogP) is 1.04. The lowest BCUT2D eigenvalue weighted by molar-refractivity contribution is 0.412. The fraction of sp³-hybridized carbons (Fsp3) is 1.00. The van der Waals surface area contributed by atoms with Gasteiger partial charge >= 0.3 is 0 Å². The molecular weight excluding hydrogens is 198 g/mol. The Morgan fingerprint density at radius 2 is 2.25 bits per heavy atom. The molecule has 1 rings (SSSR count). The van der Waals surface area contributed by atoms with Gasteiger partial charge in [0.25, 0.3) is 0 Å². The highest BCUT2D eigenvalue weighted by molar-refractivity contribution is 7.89. The molecule has 0 aliphatic carbocycles. The van der Waals surface area contributed by atoms with E-state index in [0.29, 0.717) is 12.4 Å². The SMILES string of the molecule is CCS(=O)(=O)N1CCCC1CCl. The van der Waals surface area contributed by atoms with E-state index in [1.807, 2.05) is 0 Å². The van der Waals surface area contributed by atoms with Crippen molar-refractivity contribution in [3.05, 3.63) is 0 Å². The molecule has 0 bridgehead atoms. The molecule has 0 aromatic carbocycles. The van der Waals surface area contributed by atoms with E-state index in [1.54, 1.807) is 11.2 Å². The Kier molecular flexibility index (Phi) is 3.37. The molecule has 0 aromatic heterocycles. The summed E-state index contributed by atoms with van der Waals surface area (Å²) in [6.45, 7) is 2.31. The minimum absolute atomic E-state index is 0.0385. The van der Waals surface area contributed by atoms with Crippen LogP contribution in [0.2, 0.25) is 0 Å². The summed E-state index contributed by atoms with van der Waals surface area (Å²) in [6.07, 6.45) is 1.85. The highest BCUT2D eigenvalue weighted by Gasteiger charge is 2.31. The summed E-state index contributed by atoms with van der Waals surface area (Å²) in [6, 6.07) is 0.0385. The van der Waals surface area contributed by atoms with Gasteiger partial charge in [0.15, 0.2) is 0 Å². The third-order valence-electron chi connectivity index (χ3n) is 2.22. The highest BCUT2D eigenvalue weighted by atomic mass is 35.5. The largest absolute Gasteiger partial charge is 0.214 e. The number of rotatable bonds is 3. The van der Waals surface area contributed by atoms with Gasteiger partial charge in [-0.15, -0.1) is 11.6 Å². The topological polar surface area (TPSA) is 37.4 Å². The van der Waals surface area contributed by atoms with Crippen LogP contribution >= 0.6 is 11.6 Å². The van der Waals surface area contributed by atoms with Crippen LogP contribution in [-0.2, 0) is 10.0 Å². The second-order valence-electron chi connectivity index (χ2n) is 2.96. The maximum absolute atomic E-state index is 11.4. The van der Waals surface area contributed by atoms with E-state index in [9.17, 15) is 8.42 Å². The fourth-order valence-corrected chi connectivity index (χ4v) is 3.27. The average molecular weight is 212 g/mol. The van der Waals surface area contributed by atoms with Crippen molar-refractivity contribution >= 4 is 21.6 Å². The molecule has 12 heavy (non-hydrogen) atoms. The van der Waals surface area contributed by atoms with E-state index in [-0.39, 0.29) is 11.8 Å². The van der Waals surface area contributed by atoms with Crippen LogP contribution in [0.25, 0.3) is 0 Å². The molecule has 0 amide bonds. The van der Waals surface area contributed by atoms with E-state index >= 15 is 0 Å². The van der Waals surface area contributed by atoms with Crippen LogP contribution in [0.15, 0.2) is 0 Å². The lowest BCUT2D eigenvalue weighted by Gasteiger charge is -2.21. The van der Waals surface area contributed by atoms with Crippen LogP contribution in [-0.4, -0.2) is 36.9 Å². The minimum Gasteiger partial charge on any atom is -0.212 e. The Labute approximate surface area is 78.7 Å². The first-order chi connectivity index (χ1) is 5.61. The lowest BCUT2D eigenvalue weighted by Crippen LogP contribution is -2.37. The summed E-state index contributed by atoms with van der Waals surface area (Å²) in [5.41, 5.74) is 0. The van der Waals surface area contributed by atoms with E-state index in [1.165, 1.54) is 0 Å². The Hall–Kier alpha value is 0.200. The Morgan fingerprint density at radius 1 is 1.58 bits per heavy atom. The zero-order valence-electron chi connectivity index (χ0n) is 7.16. The van der Waals surface area contributed by atoms with Crippen LogP contribution in [0, 0.1) is 0 Å². The van der Waals surface area contributed by atoms with Crippen molar-refractivity contribution in [1.29, 1.82) is 0 Å². The first-order valence-corrected chi connectivity index (χ1v) is 6.31. The highest BCUT2D eigenvalue weighted by Crippen LogP contribution is 2.21. The molecule has 1 aliphatic rings. The quantitative estimate of drug-likeness (QED) is 0.655. The maximum atomic E-state index is 11.4. The van der Waals surface area contributed by atoms with Crippen molar-refractivity contribution < 1.29 is 8.42 Å². The summed E-state index contributed by atoms with van der Waals surface area (Å²) in [4.78, 5) is 0. The zero-order chi connectivity index (χ0) is 9.19. The molecule has 0 spiro atoms. The molecule has 1 saturated heterocycles. The zero-order valence-corrected chi connectivity index (χ0v) is 8.74. The summed E-state index contributed by atoms with van der Waals surface area (Å²) in [7, 11) is -3.01. The molecule has 1 heterocycles. The Bertz CT molecular complexity index is 240. The fourth-order valence-electron chi connectivity index (χ4n) is 1.50. The van der Waals surface area contributed by atoms with Gasteiger partial charge in [0.2, 0.25) is 10.0 Å². The summed E-state index contributed by atoms with van der Waals surface area (Å²) in [5.74, 6) is 0.597. The smallest absolute Gasteiger partial charge is 0.212 e. The maximum Gasteiger partial charge on any atom is 0.214 e.